The van der Waals surface area contributed by atoms with Crippen LogP contribution in [0.2, 0.25) is 0 Å². The molecule has 0 fully saturated rings. The second-order valence-corrected chi connectivity index (χ2v) is 12.5. The molecule has 0 bridgehead atoms. The van der Waals surface area contributed by atoms with Gasteiger partial charge in [-0.05, 0) is 87.2 Å². The highest BCUT2D eigenvalue weighted by Crippen LogP contribution is 2.26. The van der Waals surface area contributed by atoms with Gasteiger partial charge in [0.2, 0.25) is 11.8 Å². The van der Waals surface area contributed by atoms with Gasteiger partial charge in [-0.1, -0.05) is 59.3 Å². The number of halogens is 1. The van der Waals surface area contributed by atoms with Gasteiger partial charge < -0.3 is 10.2 Å². The van der Waals surface area contributed by atoms with Gasteiger partial charge in [0.1, 0.15) is 12.6 Å². The second kappa shape index (κ2) is 13.3. The van der Waals surface area contributed by atoms with E-state index in [1.54, 1.807) is 37.3 Å². The van der Waals surface area contributed by atoms with Gasteiger partial charge in [0.25, 0.3) is 10.0 Å². The number of hydrogen-bond donors (Lipinski definition) is 1. The number of benzene rings is 3. The molecule has 0 heterocycles. The SMILES string of the molecule is CC[C@H](C)NC(=O)[C@@H](C)N(Cc1cccc(Br)c1)C(=O)CN(c1ccc(C)c(C)c1)S(=O)(=O)c1ccccc1. The Hall–Kier alpha value is -3.17. The number of hydrogen-bond acceptors (Lipinski definition) is 4. The maximum atomic E-state index is 14.0. The van der Waals surface area contributed by atoms with Crippen LogP contribution in [-0.2, 0) is 26.2 Å². The van der Waals surface area contributed by atoms with Crippen LogP contribution in [0.5, 0.6) is 0 Å². The number of carbonyl (C=O) groups excluding carboxylic acids is 2. The molecular weight excluding hydrogens is 578 g/mol. The number of nitrogens with zero attached hydrogens (tertiary/aromatic N) is 2. The van der Waals surface area contributed by atoms with Crippen LogP contribution in [0.15, 0.2) is 82.2 Å². The molecule has 0 aliphatic carbocycles. The van der Waals surface area contributed by atoms with Crippen molar-refractivity contribution in [2.45, 2.75) is 64.6 Å². The predicted molar refractivity (Wildman–Crippen MR) is 159 cm³/mol. The Bertz CT molecular complexity index is 1410. The van der Waals surface area contributed by atoms with E-state index in [1.807, 2.05) is 58.0 Å². The third-order valence-electron chi connectivity index (χ3n) is 6.80. The zero-order valence-electron chi connectivity index (χ0n) is 23.0. The Labute approximate surface area is 240 Å². The molecule has 9 heteroatoms. The Balaban J connectivity index is 2.04. The van der Waals surface area contributed by atoms with Crippen molar-refractivity contribution < 1.29 is 18.0 Å². The summed E-state index contributed by atoms with van der Waals surface area (Å²) in [5.41, 5.74) is 3.10. The molecule has 0 spiro atoms. The highest BCUT2D eigenvalue weighted by atomic mass is 79.9. The molecule has 2 amide bonds. The Morgan fingerprint density at radius 2 is 1.62 bits per heavy atom. The normalized spacial score (nSPS) is 12.9. The average Bonchev–Trinajstić information content (AvgIpc) is 2.91. The minimum Gasteiger partial charge on any atom is -0.352 e. The minimum absolute atomic E-state index is 0.0618. The highest BCUT2D eigenvalue weighted by molar-refractivity contribution is 9.10. The first kappa shape index (κ1) is 30.4. The summed E-state index contributed by atoms with van der Waals surface area (Å²) < 4.78 is 29.7. The van der Waals surface area contributed by atoms with Crippen LogP contribution >= 0.6 is 15.9 Å². The molecule has 7 nitrogen and oxygen atoms in total. The Morgan fingerprint density at radius 3 is 2.23 bits per heavy atom. The fourth-order valence-corrected chi connectivity index (χ4v) is 5.88. The fourth-order valence-electron chi connectivity index (χ4n) is 4.01. The molecule has 0 aliphatic rings. The molecule has 0 aliphatic heterocycles. The molecule has 0 unspecified atom stereocenters. The van der Waals surface area contributed by atoms with Gasteiger partial charge in [-0.3, -0.25) is 13.9 Å². The summed E-state index contributed by atoms with van der Waals surface area (Å²) in [5.74, 6) is -0.782. The number of carbonyl (C=O) groups is 2. The summed E-state index contributed by atoms with van der Waals surface area (Å²) in [5, 5.41) is 2.94. The zero-order valence-corrected chi connectivity index (χ0v) is 25.4. The summed E-state index contributed by atoms with van der Waals surface area (Å²) in [6.45, 7) is 9.05. The number of nitrogens with one attached hydrogen (secondary N) is 1. The Kier molecular flexibility index (Phi) is 10.3. The van der Waals surface area contributed by atoms with Crippen LogP contribution < -0.4 is 9.62 Å². The van der Waals surface area contributed by atoms with Crippen molar-refractivity contribution in [2.24, 2.45) is 0 Å². The molecule has 0 aromatic heterocycles. The van der Waals surface area contributed by atoms with Gasteiger partial charge >= 0.3 is 0 Å². The van der Waals surface area contributed by atoms with Crippen molar-refractivity contribution >= 4 is 43.5 Å². The van der Waals surface area contributed by atoms with Crippen molar-refractivity contribution in [2.75, 3.05) is 10.8 Å². The van der Waals surface area contributed by atoms with E-state index in [1.165, 1.54) is 17.0 Å². The second-order valence-electron chi connectivity index (χ2n) is 9.74. The van der Waals surface area contributed by atoms with Gasteiger partial charge in [0.05, 0.1) is 10.6 Å². The topological polar surface area (TPSA) is 86.8 Å². The van der Waals surface area contributed by atoms with Crippen LogP contribution in [0.25, 0.3) is 0 Å². The molecule has 1 N–H and O–H groups in total. The number of sulfonamides is 1. The van der Waals surface area contributed by atoms with Gasteiger partial charge in [0, 0.05) is 17.1 Å². The van der Waals surface area contributed by atoms with Crippen molar-refractivity contribution in [3.8, 4) is 0 Å². The minimum atomic E-state index is -4.08. The van der Waals surface area contributed by atoms with E-state index in [2.05, 4.69) is 21.2 Å². The van der Waals surface area contributed by atoms with Gasteiger partial charge in [0.15, 0.2) is 0 Å². The maximum Gasteiger partial charge on any atom is 0.264 e. The van der Waals surface area contributed by atoms with E-state index in [4.69, 9.17) is 0 Å². The van der Waals surface area contributed by atoms with Crippen LogP contribution in [0.1, 0.15) is 43.9 Å². The third-order valence-corrected chi connectivity index (χ3v) is 9.08. The van der Waals surface area contributed by atoms with Gasteiger partial charge in [-0.15, -0.1) is 0 Å². The largest absolute Gasteiger partial charge is 0.352 e. The summed E-state index contributed by atoms with van der Waals surface area (Å²) in [6, 6.07) is 19.9. The zero-order chi connectivity index (χ0) is 28.7. The molecular formula is C30H36BrN3O4S. The van der Waals surface area contributed by atoms with Crippen molar-refractivity contribution in [3.05, 3.63) is 94.0 Å². The lowest BCUT2D eigenvalue weighted by Gasteiger charge is -2.32. The summed E-state index contributed by atoms with van der Waals surface area (Å²) >= 11 is 3.46. The molecule has 39 heavy (non-hydrogen) atoms. The molecule has 2 atom stereocenters. The first-order valence-corrected chi connectivity index (χ1v) is 15.2. The number of anilines is 1. The first-order valence-electron chi connectivity index (χ1n) is 12.9. The lowest BCUT2D eigenvalue weighted by atomic mass is 10.1. The molecule has 0 radical (unpaired) electrons. The molecule has 208 valence electrons. The number of rotatable bonds is 11. The molecule has 3 rings (SSSR count). The molecule has 3 aromatic carbocycles. The Morgan fingerprint density at radius 1 is 0.923 bits per heavy atom. The lowest BCUT2D eigenvalue weighted by molar-refractivity contribution is -0.139. The predicted octanol–water partition coefficient (Wildman–Crippen LogP) is 5.59. The van der Waals surface area contributed by atoms with E-state index < -0.39 is 28.5 Å². The van der Waals surface area contributed by atoms with E-state index in [0.29, 0.717) is 5.69 Å². The average molecular weight is 615 g/mol. The van der Waals surface area contributed by atoms with Crippen LogP contribution in [0, 0.1) is 13.8 Å². The van der Waals surface area contributed by atoms with E-state index in [0.717, 1.165) is 31.9 Å². The lowest BCUT2D eigenvalue weighted by Crippen LogP contribution is -2.52. The highest BCUT2D eigenvalue weighted by Gasteiger charge is 2.32. The third kappa shape index (κ3) is 7.70. The van der Waals surface area contributed by atoms with Crippen LogP contribution in [0.3, 0.4) is 0 Å². The van der Waals surface area contributed by atoms with Crippen molar-refractivity contribution in [1.29, 1.82) is 0 Å². The smallest absolute Gasteiger partial charge is 0.264 e. The van der Waals surface area contributed by atoms with Crippen LogP contribution in [-0.4, -0.2) is 43.8 Å². The summed E-state index contributed by atoms with van der Waals surface area (Å²) in [7, 11) is -4.08. The maximum absolute atomic E-state index is 14.0. The summed E-state index contributed by atoms with van der Waals surface area (Å²) in [6.07, 6.45) is 0.744. The number of amides is 2. The van der Waals surface area contributed by atoms with Crippen molar-refractivity contribution in [3.63, 3.8) is 0 Å². The standard InChI is InChI=1S/C30H36BrN3O4S/c1-6-23(4)32-30(36)24(5)33(19-25-11-10-12-26(31)18-25)29(35)20-34(27-16-15-21(2)22(3)17-27)39(37,38)28-13-8-7-9-14-28/h7-18,23-24H,6,19-20H2,1-5H3,(H,32,36)/t23-,24+/m0/s1. The monoisotopic (exact) mass is 613 g/mol. The summed E-state index contributed by atoms with van der Waals surface area (Å²) in [4.78, 5) is 28.6. The van der Waals surface area contributed by atoms with Crippen molar-refractivity contribution in [1.82, 2.24) is 10.2 Å². The quantitative estimate of drug-likeness (QED) is 0.305. The van der Waals surface area contributed by atoms with Crippen LogP contribution in [0.4, 0.5) is 5.69 Å². The molecule has 3 aromatic rings. The van der Waals surface area contributed by atoms with E-state index in [9.17, 15) is 18.0 Å². The molecule has 0 saturated carbocycles. The molecule has 0 saturated heterocycles. The van der Waals surface area contributed by atoms with E-state index in [-0.39, 0.29) is 23.4 Å². The van der Waals surface area contributed by atoms with Gasteiger partial charge in [-0.2, -0.15) is 0 Å². The first-order chi connectivity index (χ1) is 18.4. The van der Waals surface area contributed by atoms with Gasteiger partial charge in [-0.25, -0.2) is 8.42 Å². The van der Waals surface area contributed by atoms with E-state index >= 15 is 0 Å². The number of aryl methyl sites for hydroxylation is 2. The fraction of sp³-hybridized carbons (Fsp3) is 0.333.